The topological polar surface area (TPSA) is 67.2 Å². The van der Waals surface area contributed by atoms with Crippen molar-refractivity contribution in [3.05, 3.63) is 80.1 Å². The molecule has 2 aromatic heterocycles. The maximum Gasteiger partial charge on any atom is 0.267 e. The Hall–Kier alpha value is -3.01. The number of anilines is 1. The van der Waals surface area contributed by atoms with Crippen LogP contribution in [0.25, 0.3) is 11.7 Å². The second kappa shape index (κ2) is 10.5. The van der Waals surface area contributed by atoms with E-state index in [1.807, 2.05) is 32.0 Å². The van der Waals surface area contributed by atoms with Gasteiger partial charge in [-0.25, -0.2) is 4.98 Å². The second-order valence-corrected chi connectivity index (χ2v) is 10.5. The first kappa shape index (κ1) is 24.7. The molecule has 0 saturated carbocycles. The van der Waals surface area contributed by atoms with E-state index in [-0.39, 0.29) is 11.5 Å². The molecule has 1 aromatic carbocycles. The summed E-state index contributed by atoms with van der Waals surface area (Å²) >= 11 is 6.73. The molecule has 1 amide bonds. The number of nitrogens with zero attached hydrogens (tertiary/aromatic N) is 4. The van der Waals surface area contributed by atoms with Gasteiger partial charge in [0.2, 0.25) is 0 Å². The predicted molar refractivity (Wildman–Crippen MR) is 148 cm³/mol. The quantitative estimate of drug-likeness (QED) is 0.263. The molecule has 0 N–H and O–H groups in total. The number of amides is 1. The van der Waals surface area contributed by atoms with E-state index in [0.29, 0.717) is 59.0 Å². The number of carbonyl (C=O) groups is 1. The summed E-state index contributed by atoms with van der Waals surface area (Å²) in [5.41, 5.74) is 4.29. The fourth-order valence-electron chi connectivity index (χ4n) is 4.64. The molecule has 2 aliphatic heterocycles. The van der Waals surface area contributed by atoms with Gasteiger partial charge in [-0.2, -0.15) is 0 Å². The van der Waals surface area contributed by atoms with Crippen molar-refractivity contribution in [1.29, 1.82) is 0 Å². The van der Waals surface area contributed by atoms with E-state index in [4.69, 9.17) is 21.9 Å². The highest BCUT2D eigenvalue weighted by molar-refractivity contribution is 8.26. The Bertz CT molecular complexity index is 1430. The Morgan fingerprint density at radius 2 is 1.97 bits per heavy atom. The van der Waals surface area contributed by atoms with Crippen molar-refractivity contribution in [2.45, 2.75) is 33.2 Å². The van der Waals surface area contributed by atoms with Crippen molar-refractivity contribution in [1.82, 2.24) is 14.3 Å². The molecule has 9 heteroatoms. The minimum Gasteiger partial charge on any atom is -0.382 e. The van der Waals surface area contributed by atoms with Gasteiger partial charge in [0.05, 0.1) is 10.5 Å². The molecular formula is C27H28N4O3S2. The number of ether oxygens (including phenoxy) is 1. The molecule has 0 spiro atoms. The number of rotatable bonds is 7. The van der Waals surface area contributed by atoms with Crippen LogP contribution in [0.5, 0.6) is 0 Å². The van der Waals surface area contributed by atoms with Gasteiger partial charge in [0.25, 0.3) is 11.5 Å². The first-order chi connectivity index (χ1) is 17.5. The van der Waals surface area contributed by atoms with Gasteiger partial charge < -0.3 is 9.64 Å². The third-order valence-electron chi connectivity index (χ3n) is 6.52. The van der Waals surface area contributed by atoms with Crippen LogP contribution in [-0.4, -0.2) is 50.8 Å². The first-order valence-corrected chi connectivity index (χ1v) is 13.4. The molecule has 2 aliphatic rings. The fraction of sp³-hybridized carbons (Fsp3) is 0.333. The highest BCUT2D eigenvalue weighted by Gasteiger charge is 2.33. The zero-order chi connectivity index (χ0) is 25.2. The molecule has 0 atom stereocenters. The van der Waals surface area contributed by atoms with Crippen LogP contribution in [0.3, 0.4) is 0 Å². The third kappa shape index (κ3) is 4.70. The smallest absolute Gasteiger partial charge is 0.267 e. The zero-order valence-corrected chi connectivity index (χ0v) is 22.0. The van der Waals surface area contributed by atoms with E-state index in [1.165, 1.54) is 22.9 Å². The van der Waals surface area contributed by atoms with Crippen LogP contribution in [0, 0.1) is 6.92 Å². The fourth-order valence-corrected chi connectivity index (χ4v) is 5.93. The average molecular weight is 521 g/mol. The highest BCUT2D eigenvalue weighted by atomic mass is 32.2. The van der Waals surface area contributed by atoms with E-state index >= 15 is 0 Å². The van der Waals surface area contributed by atoms with E-state index in [1.54, 1.807) is 21.6 Å². The van der Waals surface area contributed by atoms with Gasteiger partial charge in [0, 0.05) is 39.0 Å². The van der Waals surface area contributed by atoms with Crippen LogP contribution in [0.1, 0.15) is 35.6 Å². The SMILES string of the molecule is CCOCCCN1C(=O)C(=Cc2c(N3CCc4ccccc4C3)nc3c(C)cccn3c2=O)SC1=S. The maximum atomic E-state index is 13.8. The number of benzene rings is 1. The third-order valence-corrected chi connectivity index (χ3v) is 7.90. The molecule has 4 heterocycles. The Morgan fingerprint density at radius 3 is 2.78 bits per heavy atom. The largest absolute Gasteiger partial charge is 0.382 e. The molecule has 3 aromatic rings. The Labute approximate surface area is 219 Å². The summed E-state index contributed by atoms with van der Waals surface area (Å²) < 4.78 is 7.46. The Morgan fingerprint density at radius 1 is 1.17 bits per heavy atom. The lowest BCUT2D eigenvalue weighted by Crippen LogP contribution is -2.34. The van der Waals surface area contributed by atoms with Gasteiger partial charge >= 0.3 is 0 Å². The van der Waals surface area contributed by atoms with Crippen molar-refractivity contribution < 1.29 is 9.53 Å². The number of aromatic nitrogens is 2. The summed E-state index contributed by atoms with van der Waals surface area (Å²) in [5.74, 6) is 0.426. The zero-order valence-electron chi connectivity index (χ0n) is 20.4. The molecule has 1 fully saturated rings. The van der Waals surface area contributed by atoms with E-state index in [0.717, 1.165) is 18.5 Å². The van der Waals surface area contributed by atoms with Gasteiger partial charge in [0.15, 0.2) is 0 Å². The standard InChI is InChI=1S/C27H28N4O3S2/c1-3-34-15-7-13-31-26(33)22(36-27(31)35)16-21-24(28-23-18(2)8-6-12-30(23)25(21)32)29-14-11-19-9-4-5-10-20(19)17-29/h4-6,8-10,12,16H,3,7,11,13-15,17H2,1-2H3. The van der Waals surface area contributed by atoms with Crippen LogP contribution >= 0.6 is 24.0 Å². The molecule has 0 radical (unpaired) electrons. The van der Waals surface area contributed by atoms with Gasteiger partial charge in [-0.3, -0.25) is 18.9 Å². The van der Waals surface area contributed by atoms with Gasteiger partial charge in [-0.15, -0.1) is 0 Å². The molecule has 0 unspecified atom stereocenters. The molecule has 1 saturated heterocycles. The summed E-state index contributed by atoms with van der Waals surface area (Å²) in [4.78, 5) is 36.1. The molecule has 186 valence electrons. The van der Waals surface area contributed by atoms with Crippen molar-refractivity contribution in [2.24, 2.45) is 0 Å². The lowest BCUT2D eigenvalue weighted by atomic mass is 9.99. The lowest BCUT2D eigenvalue weighted by molar-refractivity contribution is -0.122. The first-order valence-electron chi connectivity index (χ1n) is 12.1. The van der Waals surface area contributed by atoms with Crippen molar-refractivity contribution in [2.75, 3.05) is 31.2 Å². The van der Waals surface area contributed by atoms with Crippen LogP contribution in [-0.2, 0) is 22.5 Å². The minimum absolute atomic E-state index is 0.176. The van der Waals surface area contributed by atoms with E-state index < -0.39 is 0 Å². The average Bonchev–Trinajstić information content (AvgIpc) is 3.15. The predicted octanol–water partition coefficient (Wildman–Crippen LogP) is 4.19. The molecule has 5 rings (SSSR count). The normalized spacial score (nSPS) is 16.9. The number of thiocarbonyl (C=S) groups is 1. The summed E-state index contributed by atoms with van der Waals surface area (Å²) in [6.07, 6.45) is 4.98. The molecule has 7 nitrogen and oxygen atoms in total. The molecule has 0 bridgehead atoms. The second-order valence-electron chi connectivity index (χ2n) is 8.86. The molecule has 36 heavy (non-hydrogen) atoms. The number of hydrogen-bond acceptors (Lipinski definition) is 7. The van der Waals surface area contributed by atoms with Gasteiger partial charge in [-0.1, -0.05) is 54.3 Å². The van der Waals surface area contributed by atoms with E-state index in [9.17, 15) is 9.59 Å². The molecule has 0 aliphatic carbocycles. The van der Waals surface area contributed by atoms with Crippen LogP contribution in [0.4, 0.5) is 5.82 Å². The number of fused-ring (bicyclic) bond motifs is 2. The Balaban J connectivity index is 1.56. The minimum atomic E-state index is -0.195. The van der Waals surface area contributed by atoms with Crippen LogP contribution in [0.15, 0.2) is 52.3 Å². The highest BCUT2D eigenvalue weighted by Crippen LogP contribution is 2.34. The number of hydrogen-bond donors (Lipinski definition) is 0. The van der Waals surface area contributed by atoms with Crippen molar-refractivity contribution >= 4 is 51.7 Å². The Kier molecular flexibility index (Phi) is 7.22. The van der Waals surface area contributed by atoms with Crippen molar-refractivity contribution in [3.63, 3.8) is 0 Å². The van der Waals surface area contributed by atoms with Gasteiger partial charge in [0.1, 0.15) is 15.8 Å². The summed E-state index contributed by atoms with van der Waals surface area (Å²) in [7, 11) is 0. The van der Waals surface area contributed by atoms with Crippen LogP contribution in [0.2, 0.25) is 0 Å². The monoisotopic (exact) mass is 520 g/mol. The lowest BCUT2D eigenvalue weighted by Gasteiger charge is -2.31. The summed E-state index contributed by atoms with van der Waals surface area (Å²) in [5, 5.41) is 0. The van der Waals surface area contributed by atoms with E-state index in [2.05, 4.69) is 23.1 Å². The number of aryl methyl sites for hydroxylation is 1. The number of pyridine rings is 1. The number of thioether (sulfide) groups is 1. The van der Waals surface area contributed by atoms with Gasteiger partial charge in [-0.05, 0) is 55.5 Å². The van der Waals surface area contributed by atoms with Crippen LogP contribution < -0.4 is 10.5 Å². The maximum absolute atomic E-state index is 13.8. The number of carbonyl (C=O) groups excluding carboxylic acids is 1. The van der Waals surface area contributed by atoms with Crippen molar-refractivity contribution in [3.8, 4) is 0 Å². The molecular weight excluding hydrogens is 492 g/mol. The summed E-state index contributed by atoms with van der Waals surface area (Å²) in [6.45, 7) is 6.99. The summed E-state index contributed by atoms with van der Waals surface area (Å²) in [6, 6.07) is 12.1.